The molecule has 1 amide bonds. The number of aryl methyl sites for hydroxylation is 1. The topological polar surface area (TPSA) is 88.8 Å². The number of hydrogen-bond acceptors (Lipinski definition) is 8. The second-order valence-corrected chi connectivity index (χ2v) is 12.4. The fourth-order valence-corrected chi connectivity index (χ4v) is 7.32. The Labute approximate surface area is 258 Å². The molecule has 1 aromatic carbocycles. The number of anilines is 2. The van der Waals surface area contributed by atoms with Crippen molar-refractivity contribution in [3.8, 4) is 12.1 Å². The Bertz CT molecular complexity index is 1440. The summed E-state index contributed by atoms with van der Waals surface area (Å²) in [5.74, 6) is -2.30. The maximum atomic E-state index is 15.3. The maximum absolute atomic E-state index is 15.3. The van der Waals surface area contributed by atoms with E-state index in [2.05, 4.69) is 29.5 Å². The Balaban J connectivity index is 1.36. The number of nitrogens with zero attached hydrogens (tertiary/aromatic N) is 7. The van der Waals surface area contributed by atoms with E-state index in [0.29, 0.717) is 64.3 Å². The van der Waals surface area contributed by atoms with Gasteiger partial charge in [0.1, 0.15) is 12.4 Å². The van der Waals surface area contributed by atoms with Crippen LogP contribution in [0.4, 0.5) is 20.3 Å². The van der Waals surface area contributed by atoms with Crippen LogP contribution < -0.4 is 14.5 Å². The van der Waals surface area contributed by atoms with Crippen molar-refractivity contribution in [1.82, 2.24) is 19.8 Å². The monoisotopic (exact) mass is 605 g/mol. The lowest BCUT2D eigenvalue weighted by molar-refractivity contribution is -0.128. The quantitative estimate of drug-likeness (QED) is 0.428. The van der Waals surface area contributed by atoms with Crippen LogP contribution in [0.15, 0.2) is 30.9 Å². The largest absolute Gasteiger partial charge is 0.462 e. The van der Waals surface area contributed by atoms with Crippen LogP contribution in [0, 0.1) is 11.3 Å². The third kappa shape index (κ3) is 5.96. The predicted molar refractivity (Wildman–Crippen MR) is 164 cm³/mol. The fourth-order valence-electron chi connectivity index (χ4n) is 7.32. The van der Waals surface area contributed by atoms with Crippen LogP contribution in [0.3, 0.4) is 0 Å². The van der Waals surface area contributed by atoms with Crippen LogP contribution in [-0.4, -0.2) is 84.1 Å². The van der Waals surface area contributed by atoms with Crippen molar-refractivity contribution in [2.24, 2.45) is 0 Å². The van der Waals surface area contributed by atoms with Gasteiger partial charge in [-0.05, 0) is 69.8 Å². The average molecular weight is 606 g/mol. The molecule has 2 fully saturated rings. The number of alkyl halides is 2. The summed E-state index contributed by atoms with van der Waals surface area (Å²) in [5.41, 5.74) is 3.23. The van der Waals surface area contributed by atoms with Crippen molar-refractivity contribution in [2.45, 2.75) is 75.9 Å². The summed E-state index contributed by atoms with van der Waals surface area (Å²) in [6, 6.07) is 8.03. The molecule has 234 valence electrons. The molecule has 2 saturated heterocycles. The van der Waals surface area contributed by atoms with Crippen LogP contribution in [0.25, 0.3) is 0 Å². The number of aromatic nitrogens is 2. The number of benzene rings is 1. The lowest BCUT2D eigenvalue weighted by atomic mass is 9.87. The highest BCUT2D eigenvalue weighted by Crippen LogP contribution is 2.46. The number of halogens is 2. The molecule has 44 heavy (non-hydrogen) atoms. The Morgan fingerprint density at radius 2 is 2.00 bits per heavy atom. The van der Waals surface area contributed by atoms with E-state index in [1.54, 1.807) is 4.90 Å². The summed E-state index contributed by atoms with van der Waals surface area (Å²) >= 11 is 0. The highest BCUT2D eigenvalue weighted by Gasteiger charge is 2.40. The predicted octanol–water partition coefficient (Wildman–Crippen LogP) is 4.45. The number of fused-ring (bicyclic) bond motifs is 2. The third-order valence-corrected chi connectivity index (χ3v) is 9.66. The Morgan fingerprint density at radius 1 is 1.14 bits per heavy atom. The van der Waals surface area contributed by atoms with Gasteiger partial charge in [0.2, 0.25) is 5.91 Å². The van der Waals surface area contributed by atoms with Crippen LogP contribution in [0.2, 0.25) is 0 Å². The Hall–Kier alpha value is -3.78. The summed E-state index contributed by atoms with van der Waals surface area (Å²) in [4.78, 5) is 30.6. The molecule has 0 spiro atoms. The van der Waals surface area contributed by atoms with E-state index < -0.39 is 5.92 Å². The first-order chi connectivity index (χ1) is 21.3. The molecule has 0 radical (unpaired) electrons. The molecule has 0 N–H and O–H groups in total. The molecule has 0 unspecified atom stereocenters. The van der Waals surface area contributed by atoms with Crippen molar-refractivity contribution < 1.29 is 18.3 Å². The molecule has 0 bridgehead atoms. The number of ether oxygens (including phenoxy) is 1. The summed E-state index contributed by atoms with van der Waals surface area (Å²) in [5, 5.41) is 9.53. The number of likely N-dealkylation sites (tertiary alicyclic amines) is 1. The molecule has 9 nitrogen and oxygen atoms in total. The zero-order chi connectivity index (χ0) is 30.8. The molecule has 0 saturated carbocycles. The van der Waals surface area contributed by atoms with E-state index in [0.717, 1.165) is 48.4 Å². The second kappa shape index (κ2) is 12.7. The van der Waals surface area contributed by atoms with Gasteiger partial charge in [-0.1, -0.05) is 18.7 Å². The number of hydrogen-bond donors (Lipinski definition) is 0. The Kier molecular flexibility index (Phi) is 8.72. The molecule has 4 aliphatic rings. The van der Waals surface area contributed by atoms with Crippen molar-refractivity contribution in [1.29, 1.82) is 5.26 Å². The van der Waals surface area contributed by atoms with Crippen LogP contribution in [0.1, 0.15) is 60.9 Å². The van der Waals surface area contributed by atoms with Crippen molar-refractivity contribution in [2.75, 3.05) is 56.2 Å². The highest BCUT2D eigenvalue weighted by atomic mass is 19.3. The number of nitriles is 1. The molecule has 6 rings (SSSR count). The second-order valence-electron chi connectivity index (χ2n) is 12.4. The van der Waals surface area contributed by atoms with E-state index in [-0.39, 0.29) is 42.4 Å². The molecule has 1 aliphatic carbocycles. The van der Waals surface area contributed by atoms with Gasteiger partial charge < -0.3 is 24.3 Å². The summed E-state index contributed by atoms with van der Waals surface area (Å²) < 4.78 is 36.9. The summed E-state index contributed by atoms with van der Waals surface area (Å²) in [6.07, 6.45) is 6.11. The number of likely N-dealkylation sites (N-methyl/N-ethyl adjacent to an activating group) is 1. The van der Waals surface area contributed by atoms with E-state index in [9.17, 15) is 10.1 Å². The van der Waals surface area contributed by atoms with Gasteiger partial charge in [-0.25, -0.2) is 8.78 Å². The number of amides is 1. The Morgan fingerprint density at radius 3 is 2.77 bits per heavy atom. The third-order valence-electron chi connectivity index (χ3n) is 9.66. The summed E-state index contributed by atoms with van der Waals surface area (Å²) in [6.45, 7) is 7.54. The van der Waals surface area contributed by atoms with E-state index in [4.69, 9.17) is 14.7 Å². The van der Waals surface area contributed by atoms with Gasteiger partial charge in [-0.15, -0.1) is 0 Å². The zero-order valence-electron chi connectivity index (χ0n) is 25.5. The highest BCUT2D eigenvalue weighted by molar-refractivity contribution is 5.87. The van der Waals surface area contributed by atoms with E-state index in [1.165, 1.54) is 6.08 Å². The summed E-state index contributed by atoms with van der Waals surface area (Å²) in [7, 11) is 2.10. The van der Waals surface area contributed by atoms with Crippen LogP contribution in [-0.2, 0) is 30.1 Å². The average Bonchev–Trinajstić information content (AvgIpc) is 3.30. The van der Waals surface area contributed by atoms with Crippen molar-refractivity contribution in [3.05, 3.63) is 53.2 Å². The van der Waals surface area contributed by atoms with Crippen LogP contribution in [0.5, 0.6) is 6.01 Å². The van der Waals surface area contributed by atoms with Gasteiger partial charge in [-0.3, -0.25) is 4.79 Å². The standard InChI is InChI=1S/C33H41F2N7O2/c1-3-29(43)42-19-18-41(20-24(42)13-15-36)31-26-11-7-17-40(28-12-4-8-23-9-5-14-33(34,35)30(23)28)21-27(26)37-32(38-31)44-22-25-10-6-16-39(25)2/h3-4,8,12,24-25H,1,5-7,9-11,13-14,16-22H2,2H3/t24-,25-/m0/s1. The van der Waals surface area contributed by atoms with Crippen LogP contribution >= 0.6 is 0 Å². The number of carbonyl (C=O) groups is 1. The minimum absolute atomic E-state index is 0.133. The first kappa shape index (κ1) is 30.3. The van der Waals surface area contributed by atoms with Gasteiger partial charge in [0.05, 0.1) is 30.8 Å². The number of rotatable bonds is 7. The minimum atomic E-state index is -2.87. The zero-order valence-corrected chi connectivity index (χ0v) is 25.5. The van der Waals surface area contributed by atoms with Gasteiger partial charge in [0.15, 0.2) is 0 Å². The van der Waals surface area contributed by atoms with Gasteiger partial charge >= 0.3 is 6.01 Å². The SMILES string of the molecule is C=CC(=O)N1CCN(c2nc(OC[C@@H]3CCCN3C)nc3c2CCCN(c2cccc4c2C(F)(F)CCC4)C3)C[C@@H]1CC#N. The number of carbonyl (C=O) groups excluding carboxylic acids is 1. The minimum Gasteiger partial charge on any atom is -0.462 e. The van der Waals surface area contributed by atoms with Gasteiger partial charge in [-0.2, -0.15) is 15.2 Å². The molecule has 3 aliphatic heterocycles. The first-order valence-electron chi connectivity index (χ1n) is 15.8. The van der Waals surface area contributed by atoms with Crippen molar-refractivity contribution in [3.63, 3.8) is 0 Å². The smallest absolute Gasteiger partial charge is 0.318 e. The van der Waals surface area contributed by atoms with E-state index >= 15 is 8.78 Å². The molecule has 2 atom stereocenters. The molecule has 2 aromatic rings. The lowest BCUT2D eigenvalue weighted by Crippen LogP contribution is -2.55. The molecule has 1 aromatic heterocycles. The lowest BCUT2D eigenvalue weighted by Gasteiger charge is -2.41. The molecule has 11 heteroatoms. The molecular formula is C33H41F2N7O2. The molecule has 4 heterocycles. The van der Waals surface area contributed by atoms with Crippen molar-refractivity contribution >= 4 is 17.4 Å². The fraction of sp³-hybridized carbons (Fsp3) is 0.576. The maximum Gasteiger partial charge on any atom is 0.318 e. The van der Waals surface area contributed by atoms with E-state index in [1.807, 2.05) is 23.1 Å². The van der Waals surface area contributed by atoms with Gasteiger partial charge in [0.25, 0.3) is 5.92 Å². The first-order valence-corrected chi connectivity index (χ1v) is 15.8. The van der Waals surface area contributed by atoms with Gasteiger partial charge in [0, 0.05) is 55.5 Å². The molecular weight excluding hydrogens is 564 g/mol. The normalized spacial score (nSPS) is 23.4. The number of piperazine rings is 1.